The van der Waals surface area contributed by atoms with Crippen LogP contribution in [0.15, 0.2) is 24.4 Å². The fourth-order valence-corrected chi connectivity index (χ4v) is 3.30. The van der Waals surface area contributed by atoms with E-state index in [-0.39, 0.29) is 6.04 Å². The Morgan fingerprint density at radius 3 is 2.50 bits per heavy atom. The zero-order valence-electron chi connectivity index (χ0n) is 12.7. The van der Waals surface area contributed by atoms with Gasteiger partial charge in [0.2, 0.25) is 10.0 Å². The number of hydrogen-bond acceptors (Lipinski definition) is 4. The van der Waals surface area contributed by atoms with Gasteiger partial charge >= 0.3 is 0 Å². The third-order valence-electron chi connectivity index (χ3n) is 3.10. The molecule has 5 nitrogen and oxygen atoms in total. The minimum atomic E-state index is -3.31. The van der Waals surface area contributed by atoms with E-state index >= 15 is 0 Å². The molecule has 0 aliphatic heterocycles. The van der Waals surface area contributed by atoms with Crippen LogP contribution in [-0.2, 0) is 16.6 Å². The van der Waals surface area contributed by atoms with Crippen molar-refractivity contribution < 1.29 is 8.42 Å². The molecule has 0 bridgehead atoms. The molecule has 1 unspecified atom stereocenters. The van der Waals surface area contributed by atoms with Crippen molar-refractivity contribution in [3.8, 4) is 0 Å². The molecule has 0 radical (unpaired) electrons. The van der Waals surface area contributed by atoms with Crippen molar-refractivity contribution >= 4 is 10.0 Å². The van der Waals surface area contributed by atoms with Crippen molar-refractivity contribution in [1.29, 1.82) is 0 Å². The van der Waals surface area contributed by atoms with Crippen LogP contribution in [0.4, 0.5) is 0 Å². The van der Waals surface area contributed by atoms with Crippen LogP contribution in [0.25, 0.3) is 0 Å². The summed E-state index contributed by atoms with van der Waals surface area (Å²) < 4.78 is 26.6. The van der Waals surface area contributed by atoms with Crippen molar-refractivity contribution in [3.05, 3.63) is 30.1 Å². The Balaban J connectivity index is 2.76. The lowest BCUT2D eigenvalue weighted by atomic mass is 10.3. The minimum absolute atomic E-state index is 0.276. The van der Waals surface area contributed by atoms with Gasteiger partial charge in [-0.05, 0) is 19.1 Å². The highest BCUT2D eigenvalue weighted by atomic mass is 32.2. The Morgan fingerprint density at radius 1 is 1.30 bits per heavy atom. The Morgan fingerprint density at radius 2 is 2.00 bits per heavy atom. The second kappa shape index (κ2) is 7.71. The molecular weight excluding hydrogens is 274 g/mol. The van der Waals surface area contributed by atoms with Gasteiger partial charge in [0.1, 0.15) is 0 Å². The molecule has 0 spiro atoms. The Kier molecular flexibility index (Phi) is 6.58. The summed E-state index contributed by atoms with van der Waals surface area (Å²) in [6.07, 6.45) is 1.68. The van der Waals surface area contributed by atoms with Gasteiger partial charge in [-0.1, -0.05) is 26.8 Å². The quantitative estimate of drug-likeness (QED) is 0.792. The maximum atomic E-state index is 12.5. The van der Waals surface area contributed by atoms with Crippen molar-refractivity contribution in [3.63, 3.8) is 0 Å². The smallest absolute Gasteiger partial charge is 0.218 e. The maximum Gasteiger partial charge on any atom is 0.218 e. The summed E-state index contributed by atoms with van der Waals surface area (Å²) in [7, 11) is -3.31. The number of rotatable bonds is 8. The number of nitrogens with one attached hydrogen (secondary N) is 1. The molecular formula is C14H25N3O2S. The van der Waals surface area contributed by atoms with E-state index in [2.05, 4.69) is 10.3 Å². The molecule has 0 aliphatic rings. The average Bonchev–Trinajstić information content (AvgIpc) is 2.42. The number of aromatic nitrogens is 1. The highest BCUT2D eigenvalue weighted by Gasteiger charge is 2.27. The van der Waals surface area contributed by atoms with Crippen LogP contribution >= 0.6 is 0 Å². The molecule has 6 heteroatoms. The molecule has 0 saturated carbocycles. The zero-order valence-corrected chi connectivity index (χ0v) is 13.5. The Bertz CT molecular complexity index is 488. The van der Waals surface area contributed by atoms with Crippen LogP contribution in [0.2, 0.25) is 0 Å². The van der Waals surface area contributed by atoms with Crippen LogP contribution in [0.1, 0.15) is 33.4 Å². The third kappa shape index (κ3) is 4.85. The van der Waals surface area contributed by atoms with Crippen LogP contribution in [0.5, 0.6) is 0 Å². The second-order valence-corrected chi connectivity index (χ2v) is 7.52. The van der Waals surface area contributed by atoms with E-state index < -0.39 is 15.3 Å². The summed E-state index contributed by atoms with van der Waals surface area (Å²) in [5, 5.41) is 2.72. The van der Waals surface area contributed by atoms with Gasteiger partial charge in [0.25, 0.3) is 0 Å². The van der Waals surface area contributed by atoms with Crippen LogP contribution in [0, 0.1) is 0 Å². The van der Waals surface area contributed by atoms with E-state index in [4.69, 9.17) is 0 Å². The molecule has 1 N–H and O–H groups in total. The lowest BCUT2D eigenvalue weighted by Crippen LogP contribution is -2.43. The number of hydrogen-bond donors (Lipinski definition) is 1. The van der Waals surface area contributed by atoms with Gasteiger partial charge in [-0.3, -0.25) is 4.98 Å². The first-order chi connectivity index (χ1) is 9.37. The standard InChI is InChI=1S/C14H25N3O2S/c1-5-17(11-14-8-6-7-9-15-14)20(18,19)13(4)10-16-12(2)3/h6-9,12-13,16H,5,10-11H2,1-4H3. The van der Waals surface area contributed by atoms with Gasteiger partial charge in [-0.25, -0.2) is 8.42 Å². The molecule has 0 fully saturated rings. The number of pyridine rings is 1. The summed E-state index contributed by atoms with van der Waals surface area (Å²) in [6, 6.07) is 5.81. The van der Waals surface area contributed by atoms with Gasteiger partial charge in [-0.2, -0.15) is 4.31 Å². The van der Waals surface area contributed by atoms with E-state index in [0.29, 0.717) is 19.6 Å². The molecule has 1 aromatic rings. The summed E-state index contributed by atoms with van der Waals surface area (Å²) in [4.78, 5) is 4.19. The third-order valence-corrected chi connectivity index (χ3v) is 5.39. The maximum absolute atomic E-state index is 12.5. The lowest BCUT2D eigenvalue weighted by molar-refractivity contribution is 0.408. The molecule has 0 saturated heterocycles. The van der Waals surface area contributed by atoms with Crippen molar-refractivity contribution in [2.45, 2.75) is 45.5 Å². The first-order valence-electron chi connectivity index (χ1n) is 7.00. The molecule has 0 aliphatic carbocycles. The predicted molar refractivity (Wildman–Crippen MR) is 81.8 cm³/mol. The van der Waals surface area contributed by atoms with Crippen molar-refractivity contribution in [2.24, 2.45) is 0 Å². The van der Waals surface area contributed by atoms with Gasteiger partial charge in [0, 0.05) is 25.3 Å². The van der Waals surface area contributed by atoms with Gasteiger partial charge in [-0.15, -0.1) is 0 Å². The van der Waals surface area contributed by atoms with Gasteiger partial charge in [0.05, 0.1) is 17.5 Å². The summed E-state index contributed by atoms with van der Waals surface area (Å²) >= 11 is 0. The molecule has 0 aromatic carbocycles. The molecule has 1 atom stereocenters. The Hall–Kier alpha value is -0.980. The Labute approximate surface area is 122 Å². The monoisotopic (exact) mass is 299 g/mol. The largest absolute Gasteiger partial charge is 0.313 e. The van der Waals surface area contributed by atoms with Crippen molar-refractivity contribution in [2.75, 3.05) is 13.1 Å². The highest BCUT2D eigenvalue weighted by Crippen LogP contribution is 2.12. The molecule has 0 amide bonds. The van der Waals surface area contributed by atoms with E-state index in [1.807, 2.05) is 39.0 Å². The second-order valence-electron chi connectivity index (χ2n) is 5.17. The number of nitrogens with zero attached hydrogens (tertiary/aromatic N) is 2. The van der Waals surface area contributed by atoms with E-state index in [1.54, 1.807) is 13.1 Å². The molecule has 20 heavy (non-hydrogen) atoms. The van der Waals surface area contributed by atoms with Gasteiger partial charge < -0.3 is 5.32 Å². The summed E-state index contributed by atoms with van der Waals surface area (Å²) in [6.45, 7) is 8.83. The fraction of sp³-hybridized carbons (Fsp3) is 0.643. The first kappa shape index (κ1) is 17.1. The van der Waals surface area contributed by atoms with E-state index in [0.717, 1.165) is 5.69 Å². The van der Waals surface area contributed by atoms with Crippen LogP contribution in [-0.4, -0.2) is 42.1 Å². The molecule has 1 heterocycles. The molecule has 1 rings (SSSR count). The summed E-state index contributed by atoms with van der Waals surface area (Å²) in [5.74, 6) is 0. The van der Waals surface area contributed by atoms with Gasteiger partial charge in [0.15, 0.2) is 0 Å². The minimum Gasteiger partial charge on any atom is -0.313 e. The van der Waals surface area contributed by atoms with Crippen LogP contribution < -0.4 is 5.32 Å². The normalized spacial score (nSPS) is 13.9. The SMILES string of the molecule is CCN(Cc1ccccn1)S(=O)(=O)C(C)CNC(C)C. The molecule has 114 valence electrons. The average molecular weight is 299 g/mol. The lowest BCUT2D eigenvalue weighted by Gasteiger charge is -2.25. The van der Waals surface area contributed by atoms with E-state index in [9.17, 15) is 8.42 Å². The highest BCUT2D eigenvalue weighted by molar-refractivity contribution is 7.89. The fourth-order valence-electron chi connectivity index (χ4n) is 1.82. The van der Waals surface area contributed by atoms with Crippen molar-refractivity contribution in [1.82, 2.24) is 14.6 Å². The van der Waals surface area contributed by atoms with E-state index in [1.165, 1.54) is 4.31 Å². The predicted octanol–water partition coefficient (Wildman–Crippen LogP) is 1.62. The van der Waals surface area contributed by atoms with Crippen LogP contribution in [0.3, 0.4) is 0 Å². The first-order valence-corrected chi connectivity index (χ1v) is 8.50. The number of sulfonamides is 1. The molecule has 1 aromatic heterocycles. The summed E-state index contributed by atoms with van der Waals surface area (Å²) in [5.41, 5.74) is 0.766. The topological polar surface area (TPSA) is 62.3 Å². The zero-order chi connectivity index (χ0) is 15.2.